The summed E-state index contributed by atoms with van der Waals surface area (Å²) >= 11 is 0. The van der Waals surface area contributed by atoms with Gasteiger partial charge in [-0.15, -0.1) is 0 Å². The highest BCUT2D eigenvalue weighted by Crippen LogP contribution is 2.38. The van der Waals surface area contributed by atoms with Crippen molar-refractivity contribution in [3.05, 3.63) is 59.7 Å². The second kappa shape index (κ2) is 8.23. The Morgan fingerprint density at radius 3 is 2.35 bits per heavy atom. The molecule has 1 heterocycles. The molecule has 2 aromatic carbocycles. The van der Waals surface area contributed by atoms with Crippen molar-refractivity contribution in [2.45, 2.75) is 18.9 Å². The third kappa shape index (κ3) is 3.83. The molecule has 1 fully saturated rings. The van der Waals surface area contributed by atoms with Gasteiger partial charge in [0.15, 0.2) is 0 Å². The van der Waals surface area contributed by atoms with Gasteiger partial charge in [-0.05, 0) is 49.7 Å². The number of nitrogens with zero attached hydrogens (tertiary/aromatic N) is 1. The van der Waals surface area contributed by atoms with E-state index in [4.69, 9.17) is 9.47 Å². The van der Waals surface area contributed by atoms with E-state index in [9.17, 15) is 9.90 Å². The number of ether oxygens (including phenoxy) is 2. The maximum atomic E-state index is 11.3. The number of carbonyl (C=O) groups is 1. The first-order chi connectivity index (χ1) is 12.6. The molecule has 0 saturated carbocycles. The fraction of sp³-hybridized carbons (Fsp3) is 0.381. The molecule has 1 aliphatic rings. The molecule has 1 unspecified atom stereocenters. The quantitative estimate of drug-likeness (QED) is 0.858. The van der Waals surface area contributed by atoms with Crippen molar-refractivity contribution in [2.24, 2.45) is 5.92 Å². The molecule has 0 amide bonds. The van der Waals surface area contributed by atoms with Crippen molar-refractivity contribution in [2.75, 3.05) is 27.3 Å². The lowest BCUT2D eigenvalue weighted by atomic mass is 9.91. The van der Waals surface area contributed by atoms with Gasteiger partial charge in [-0.3, -0.25) is 9.69 Å². The van der Waals surface area contributed by atoms with Gasteiger partial charge in [-0.2, -0.15) is 0 Å². The van der Waals surface area contributed by atoms with Crippen LogP contribution >= 0.6 is 0 Å². The summed E-state index contributed by atoms with van der Waals surface area (Å²) < 4.78 is 11.0. The number of likely N-dealkylation sites (tertiary alicyclic amines) is 1. The molecular formula is C21H25NO4. The Balaban J connectivity index is 1.99. The highest BCUT2D eigenvalue weighted by atomic mass is 16.5. The number of piperidine rings is 1. The smallest absolute Gasteiger partial charge is 0.306 e. The van der Waals surface area contributed by atoms with E-state index in [1.807, 2.05) is 36.4 Å². The lowest BCUT2D eigenvalue weighted by molar-refractivity contribution is -0.143. The first-order valence-corrected chi connectivity index (χ1v) is 8.87. The summed E-state index contributed by atoms with van der Waals surface area (Å²) in [6, 6.07) is 16.1. The van der Waals surface area contributed by atoms with Gasteiger partial charge in [0.05, 0.1) is 26.2 Å². The molecule has 0 aromatic heterocycles. The monoisotopic (exact) mass is 355 g/mol. The van der Waals surface area contributed by atoms with E-state index in [0.29, 0.717) is 12.8 Å². The number of carboxylic acid groups (broad SMARTS) is 1. The minimum Gasteiger partial charge on any atom is -0.497 e. The van der Waals surface area contributed by atoms with Crippen LogP contribution in [0.1, 0.15) is 30.0 Å². The van der Waals surface area contributed by atoms with E-state index in [2.05, 4.69) is 17.0 Å². The Bertz CT molecular complexity index is 739. The molecule has 0 radical (unpaired) electrons. The summed E-state index contributed by atoms with van der Waals surface area (Å²) in [5.74, 6) is 0.636. The Morgan fingerprint density at radius 2 is 1.77 bits per heavy atom. The third-order valence-electron chi connectivity index (χ3n) is 5.09. The first-order valence-electron chi connectivity index (χ1n) is 8.87. The van der Waals surface area contributed by atoms with Crippen molar-refractivity contribution in [3.8, 4) is 11.5 Å². The zero-order chi connectivity index (χ0) is 18.5. The van der Waals surface area contributed by atoms with E-state index in [-0.39, 0.29) is 12.0 Å². The van der Waals surface area contributed by atoms with Gasteiger partial charge in [0.1, 0.15) is 11.5 Å². The number of benzene rings is 2. The van der Waals surface area contributed by atoms with Gasteiger partial charge >= 0.3 is 5.97 Å². The van der Waals surface area contributed by atoms with E-state index >= 15 is 0 Å². The Morgan fingerprint density at radius 1 is 1.08 bits per heavy atom. The second-order valence-corrected chi connectivity index (χ2v) is 6.57. The molecule has 1 N–H and O–H groups in total. The summed E-state index contributed by atoms with van der Waals surface area (Å²) in [5.41, 5.74) is 2.19. The van der Waals surface area contributed by atoms with Gasteiger partial charge < -0.3 is 14.6 Å². The summed E-state index contributed by atoms with van der Waals surface area (Å²) in [6.45, 7) is 1.47. The van der Waals surface area contributed by atoms with Crippen LogP contribution in [-0.4, -0.2) is 43.3 Å². The zero-order valence-electron chi connectivity index (χ0n) is 15.2. The number of aliphatic carboxylic acids is 1. The van der Waals surface area contributed by atoms with Crippen molar-refractivity contribution >= 4 is 5.97 Å². The Kier molecular flexibility index (Phi) is 5.78. The summed E-state index contributed by atoms with van der Waals surface area (Å²) in [6.07, 6.45) is 1.32. The number of rotatable bonds is 6. The zero-order valence-corrected chi connectivity index (χ0v) is 15.2. The molecule has 2 aromatic rings. The Labute approximate surface area is 154 Å². The molecule has 0 spiro atoms. The van der Waals surface area contributed by atoms with Crippen LogP contribution < -0.4 is 9.47 Å². The lowest BCUT2D eigenvalue weighted by Crippen LogP contribution is -2.39. The number of hydrogen-bond acceptors (Lipinski definition) is 4. The molecule has 5 nitrogen and oxygen atoms in total. The van der Waals surface area contributed by atoms with Crippen LogP contribution in [0.2, 0.25) is 0 Å². The van der Waals surface area contributed by atoms with Gasteiger partial charge in [0, 0.05) is 5.56 Å². The van der Waals surface area contributed by atoms with Crippen molar-refractivity contribution in [3.63, 3.8) is 0 Å². The highest BCUT2D eigenvalue weighted by molar-refractivity contribution is 5.70. The molecule has 138 valence electrons. The van der Waals surface area contributed by atoms with E-state index in [0.717, 1.165) is 35.7 Å². The number of methoxy groups -OCH3 is 2. The topological polar surface area (TPSA) is 59.0 Å². The van der Waals surface area contributed by atoms with Crippen LogP contribution in [0.15, 0.2) is 48.5 Å². The summed E-state index contributed by atoms with van der Waals surface area (Å²) in [7, 11) is 3.32. The normalized spacial score (nSPS) is 16.8. The van der Waals surface area contributed by atoms with E-state index in [1.165, 1.54) is 0 Å². The number of hydrogen-bond donors (Lipinski definition) is 1. The van der Waals surface area contributed by atoms with Crippen molar-refractivity contribution < 1.29 is 19.4 Å². The summed E-state index contributed by atoms with van der Waals surface area (Å²) in [4.78, 5) is 13.6. The molecule has 0 aliphatic carbocycles. The van der Waals surface area contributed by atoms with Gasteiger partial charge in [0.25, 0.3) is 0 Å². The standard InChI is InChI=1S/C21H25NO4/c1-25-17-8-9-19(26-2)18(14-17)20(15-6-4-3-5-7-15)22-12-10-16(11-13-22)21(23)24/h3-9,14,16,20H,10-13H2,1-2H3,(H,23,24). The second-order valence-electron chi connectivity index (χ2n) is 6.57. The average molecular weight is 355 g/mol. The van der Waals surface area contributed by atoms with Gasteiger partial charge in [-0.25, -0.2) is 0 Å². The highest BCUT2D eigenvalue weighted by Gasteiger charge is 2.31. The fourth-order valence-corrected chi connectivity index (χ4v) is 3.68. The molecular weight excluding hydrogens is 330 g/mol. The minimum atomic E-state index is -0.695. The van der Waals surface area contributed by atoms with E-state index < -0.39 is 5.97 Å². The van der Waals surface area contributed by atoms with Crippen LogP contribution in [0, 0.1) is 5.92 Å². The minimum absolute atomic E-state index is 0.00371. The van der Waals surface area contributed by atoms with Crippen LogP contribution in [0.25, 0.3) is 0 Å². The molecule has 1 saturated heterocycles. The molecule has 3 rings (SSSR count). The Hall–Kier alpha value is -2.53. The van der Waals surface area contributed by atoms with Crippen LogP contribution in [0.4, 0.5) is 0 Å². The molecule has 1 atom stereocenters. The largest absolute Gasteiger partial charge is 0.497 e. The molecule has 1 aliphatic heterocycles. The van der Waals surface area contributed by atoms with E-state index in [1.54, 1.807) is 14.2 Å². The first kappa shape index (κ1) is 18.3. The van der Waals surface area contributed by atoms with Crippen LogP contribution in [0.3, 0.4) is 0 Å². The molecule has 5 heteroatoms. The van der Waals surface area contributed by atoms with Gasteiger partial charge in [-0.1, -0.05) is 30.3 Å². The maximum Gasteiger partial charge on any atom is 0.306 e. The van der Waals surface area contributed by atoms with Crippen LogP contribution in [0.5, 0.6) is 11.5 Å². The van der Waals surface area contributed by atoms with Crippen molar-refractivity contribution in [1.29, 1.82) is 0 Å². The predicted molar refractivity (Wildman–Crippen MR) is 99.8 cm³/mol. The van der Waals surface area contributed by atoms with Crippen LogP contribution in [-0.2, 0) is 4.79 Å². The fourth-order valence-electron chi connectivity index (χ4n) is 3.68. The van der Waals surface area contributed by atoms with Gasteiger partial charge in [0.2, 0.25) is 0 Å². The maximum absolute atomic E-state index is 11.3. The molecule has 26 heavy (non-hydrogen) atoms. The molecule has 0 bridgehead atoms. The SMILES string of the molecule is COc1ccc(OC)c(C(c2ccccc2)N2CCC(C(=O)O)CC2)c1. The average Bonchev–Trinajstić information content (AvgIpc) is 2.69. The van der Waals surface area contributed by atoms with Crippen molar-refractivity contribution in [1.82, 2.24) is 4.90 Å². The third-order valence-corrected chi connectivity index (χ3v) is 5.09. The predicted octanol–water partition coefficient (Wildman–Crippen LogP) is 3.59. The number of carboxylic acids is 1. The lowest BCUT2D eigenvalue weighted by Gasteiger charge is -2.37. The summed E-state index contributed by atoms with van der Waals surface area (Å²) in [5, 5.41) is 9.29.